The van der Waals surface area contributed by atoms with E-state index in [2.05, 4.69) is 10.2 Å². The summed E-state index contributed by atoms with van der Waals surface area (Å²) in [6.07, 6.45) is 3.95. The molecule has 0 radical (unpaired) electrons. The number of hydrogen-bond donors (Lipinski definition) is 2. The van der Waals surface area contributed by atoms with Crippen molar-refractivity contribution in [3.63, 3.8) is 0 Å². The van der Waals surface area contributed by atoms with Gasteiger partial charge in [0.05, 0.1) is 29.4 Å². The molecule has 0 spiro atoms. The number of hydrogen-bond acceptors (Lipinski definition) is 6. The van der Waals surface area contributed by atoms with Crippen LogP contribution in [0.4, 0.5) is 11.5 Å². The Labute approximate surface area is 192 Å². The third kappa shape index (κ3) is 3.72. The Morgan fingerprint density at radius 2 is 2.21 bits per heavy atom. The van der Waals surface area contributed by atoms with Gasteiger partial charge >= 0.3 is 0 Å². The van der Waals surface area contributed by atoms with E-state index < -0.39 is 0 Å². The molecule has 3 N–H and O–H groups in total. The van der Waals surface area contributed by atoms with Gasteiger partial charge in [-0.2, -0.15) is 5.10 Å². The van der Waals surface area contributed by atoms with Crippen LogP contribution in [0.2, 0.25) is 0 Å². The Hall–Kier alpha value is -3.46. The second-order valence-corrected chi connectivity index (χ2v) is 9.02. The number of benzene rings is 1. The van der Waals surface area contributed by atoms with E-state index in [1.165, 1.54) is 0 Å². The number of nitrogens with zero attached hydrogens (tertiary/aromatic N) is 5. The molecule has 2 amide bonds. The SMILES string of the molecule is CC[C@@H](c1cc2nc(N3CC[C@H](N)C3)c(C)cn2n1)N(C)C(=O)c1cccc2c1NC(=O)C2. The monoisotopic (exact) mass is 447 g/mol. The summed E-state index contributed by atoms with van der Waals surface area (Å²) in [5, 5.41) is 7.59. The van der Waals surface area contributed by atoms with Gasteiger partial charge in [-0.3, -0.25) is 9.59 Å². The molecule has 9 nitrogen and oxygen atoms in total. The Kier molecular flexibility index (Phi) is 5.28. The largest absolute Gasteiger partial charge is 0.355 e. The number of carbonyl (C=O) groups excluding carboxylic acids is 2. The average Bonchev–Trinajstić information content (AvgIpc) is 3.49. The van der Waals surface area contributed by atoms with Crippen molar-refractivity contribution in [2.24, 2.45) is 5.73 Å². The summed E-state index contributed by atoms with van der Waals surface area (Å²) in [5.41, 5.74) is 10.6. The smallest absolute Gasteiger partial charge is 0.256 e. The lowest BCUT2D eigenvalue weighted by molar-refractivity contribution is -0.115. The minimum atomic E-state index is -0.226. The molecule has 172 valence electrons. The first-order valence-corrected chi connectivity index (χ1v) is 11.4. The average molecular weight is 448 g/mol. The molecule has 1 saturated heterocycles. The zero-order valence-electron chi connectivity index (χ0n) is 19.2. The Balaban J connectivity index is 1.45. The van der Waals surface area contributed by atoms with Crippen molar-refractivity contribution in [3.05, 3.63) is 52.8 Å². The van der Waals surface area contributed by atoms with Gasteiger partial charge in [0.25, 0.3) is 5.91 Å². The van der Waals surface area contributed by atoms with E-state index in [4.69, 9.17) is 15.8 Å². The number of para-hydroxylation sites is 1. The van der Waals surface area contributed by atoms with Crippen molar-refractivity contribution < 1.29 is 9.59 Å². The van der Waals surface area contributed by atoms with Crippen molar-refractivity contribution in [2.75, 3.05) is 30.4 Å². The van der Waals surface area contributed by atoms with Gasteiger partial charge in [-0.25, -0.2) is 9.50 Å². The summed E-state index contributed by atoms with van der Waals surface area (Å²) in [7, 11) is 1.78. The van der Waals surface area contributed by atoms with Crippen LogP contribution in [0.5, 0.6) is 0 Å². The molecule has 1 fully saturated rings. The fourth-order valence-electron chi connectivity index (χ4n) is 4.92. The molecule has 33 heavy (non-hydrogen) atoms. The molecule has 2 aromatic heterocycles. The molecule has 2 atom stereocenters. The third-order valence-electron chi connectivity index (χ3n) is 6.66. The summed E-state index contributed by atoms with van der Waals surface area (Å²) in [6, 6.07) is 7.37. The van der Waals surface area contributed by atoms with E-state index in [9.17, 15) is 9.59 Å². The number of rotatable bonds is 5. The minimum absolute atomic E-state index is 0.0866. The number of nitrogens with two attached hydrogens (primary N) is 1. The van der Waals surface area contributed by atoms with E-state index in [0.29, 0.717) is 24.1 Å². The first-order chi connectivity index (χ1) is 15.9. The first-order valence-electron chi connectivity index (χ1n) is 11.4. The molecule has 1 aromatic carbocycles. The predicted molar refractivity (Wildman–Crippen MR) is 126 cm³/mol. The van der Waals surface area contributed by atoms with E-state index in [-0.39, 0.29) is 23.9 Å². The Bertz CT molecular complexity index is 1250. The van der Waals surface area contributed by atoms with E-state index >= 15 is 0 Å². The van der Waals surface area contributed by atoms with Crippen LogP contribution in [0, 0.1) is 6.92 Å². The van der Waals surface area contributed by atoms with Gasteiger partial charge < -0.3 is 20.9 Å². The molecule has 4 heterocycles. The highest BCUT2D eigenvalue weighted by atomic mass is 16.2. The van der Waals surface area contributed by atoms with Crippen LogP contribution in [0.15, 0.2) is 30.5 Å². The van der Waals surface area contributed by atoms with Gasteiger partial charge in [-0.05, 0) is 31.4 Å². The van der Waals surface area contributed by atoms with Crippen molar-refractivity contribution >= 4 is 29.0 Å². The second kappa shape index (κ2) is 8.15. The number of fused-ring (bicyclic) bond motifs is 2. The van der Waals surface area contributed by atoms with Gasteiger partial charge in [0.15, 0.2) is 5.65 Å². The summed E-state index contributed by atoms with van der Waals surface area (Å²) < 4.78 is 1.78. The molecule has 3 aromatic rings. The van der Waals surface area contributed by atoms with Crippen molar-refractivity contribution in [1.29, 1.82) is 0 Å². The van der Waals surface area contributed by atoms with Crippen molar-refractivity contribution in [2.45, 2.75) is 45.2 Å². The number of amides is 2. The molecular formula is C24H29N7O2. The van der Waals surface area contributed by atoms with Crippen LogP contribution in [-0.2, 0) is 11.2 Å². The number of nitrogens with one attached hydrogen (secondary N) is 1. The van der Waals surface area contributed by atoms with Crippen LogP contribution in [0.1, 0.15) is 53.0 Å². The molecule has 9 heteroatoms. The standard InChI is InChI=1S/C24H29N7O2/c1-4-19(29(3)24(33)17-7-5-6-15-10-21(32)27-22(15)17)18-11-20-26-23(14(2)12-31(20)28-18)30-9-8-16(25)13-30/h5-7,11-12,16,19H,4,8-10,13,25H2,1-3H3,(H,27,32)/t16-,19-/m0/s1. The van der Waals surface area contributed by atoms with Gasteiger partial charge in [0.1, 0.15) is 5.82 Å². The Morgan fingerprint density at radius 3 is 2.94 bits per heavy atom. The fourth-order valence-corrected chi connectivity index (χ4v) is 4.92. The first kappa shape index (κ1) is 21.4. The molecule has 0 saturated carbocycles. The maximum Gasteiger partial charge on any atom is 0.256 e. The number of anilines is 2. The van der Waals surface area contributed by atoms with Crippen LogP contribution >= 0.6 is 0 Å². The van der Waals surface area contributed by atoms with Gasteiger partial charge in [0, 0.05) is 44.0 Å². The van der Waals surface area contributed by atoms with E-state index in [0.717, 1.165) is 47.8 Å². The Morgan fingerprint density at radius 1 is 1.39 bits per heavy atom. The van der Waals surface area contributed by atoms with Crippen LogP contribution in [0.3, 0.4) is 0 Å². The van der Waals surface area contributed by atoms with Gasteiger partial charge in [0.2, 0.25) is 5.91 Å². The lowest BCUT2D eigenvalue weighted by Crippen LogP contribution is -2.31. The molecule has 0 unspecified atom stereocenters. The quantitative estimate of drug-likeness (QED) is 0.621. The summed E-state index contributed by atoms with van der Waals surface area (Å²) in [6.45, 7) is 5.77. The molecule has 0 bridgehead atoms. The highest BCUT2D eigenvalue weighted by Crippen LogP contribution is 2.31. The van der Waals surface area contributed by atoms with Crippen LogP contribution in [0.25, 0.3) is 5.65 Å². The number of carbonyl (C=O) groups is 2. The maximum atomic E-state index is 13.4. The summed E-state index contributed by atoms with van der Waals surface area (Å²) in [4.78, 5) is 34.1. The maximum absolute atomic E-state index is 13.4. The molecule has 5 rings (SSSR count). The zero-order chi connectivity index (χ0) is 23.3. The lowest BCUT2D eigenvalue weighted by Gasteiger charge is -2.26. The second-order valence-electron chi connectivity index (χ2n) is 9.02. The third-order valence-corrected chi connectivity index (χ3v) is 6.66. The minimum Gasteiger partial charge on any atom is -0.355 e. The topological polar surface area (TPSA) is 109 Å². The van der Waals surface area contributed by atoms with Gasteiger partial charge in [-0.1, -0.05) is 19.1 Å². The van der Waals surface area contributed by atoms with E-state index in [1.807, 2.05) is 38.2 Å². The molecule has 2 aliphatic heterocycles. The highest BCUT2D eigenvalue weighted by Gasteiger charge is 2.29. The van der Waals surface area contributed by atoms with E-state index in [1.54, 1.807) is 22.5 Å². The molecular weight excluding hydrogens is 418 g/mol. The predicted octanol–water partition coefficient (Wildman–Crippen LogP) is 2.29. The summed E-state index contributed by atoms with van der Waals surface area (Å²) in [5.74, 6) is 0.709. The number of aryl methyl sites for hydroxylation is 1. The summed E-state index contributed by atoms with van der Waals surface area (Å²) >= 11 is 0. The zero-order valence-corrected chi connectivity index (χ0v) is 19.2. The van der Waals surface area contributed by atoms with Crippen molar-refractivity contribution in [1.82, 2.24) is 19.5 Å². The molecule has 2 aliphatic rings. The normalized spacial score (nSPS) is 18.5. The van der Waals surface area contributed by atoms with Crippen LogP contribution in [-0.4, -0.2) is 57.5 Å². The van der Waals surface area contributed by atoms with Crippen molar-refractivity contribution in [3.8, 4) is 0 Å². The molecule has 0 aliphatic carbocycles. The lowest BCUT2D eigenvalue weighted by atomic mass is 10.0. The highest BCUT2D eigenvalue weighted by molar-refractivity contribution is 6.08. The van der Waals surface area contributed by atoms with Crippen LogP contribution < -0.4 is 16.0 Å². The number of aromatic nitrogens is 3. The fraction of sp³-hybridized carbons (Fsp3) is 0.417. The van der Waals surface area contributed by atoms with Gasteiger partial charge in [-0.15, -0.1) is 0 Å².